The van der Waals surface area contributed by atoms with Crippen LogP contribution in [0.1, 0.15) is 58.3 Å². The van der Waals surface area contributed by atoms with E-state index in [9.17, 15) is 0 Å². The van der Waals surface area contributed by atoms with E-state index in [0.29, 0.717) is 6.10 Å². The SMILES string of the molecule is CCCCCCCCCC([CH2][Hg][Cl])OC. The summed E-state index contributed by atoms with van der Waals surface area (Å²) >= 11 is -0.987. The van der Waals surface area contributed by atoms with Gasteiger partial charge >= 0.3 is 112 Å². The second kappa shape index (κ2) is 13.3. The van der Waals surface area contributed by atoms with Crippen molar-refractivity contribution in [3.63, 3.8) is 0 Å². The van der Waals surface area contributed by atoms with Crippen LogP contribution in [-0.2, 0) is 28.1 Å². The van der Waals surface area contributed by atoms with Gasteiger partial charge in [-0.3, -0.25) is 0 Å². The maximum atomic E-state index is 5.91. The molecule has 88 valence electrons. The third kappa shape index (κ3) is 11.4. The summed E-state index contributed by atoms with van der Waals surface area (Å²) in [5.74, 6) is 0. The standard InChI is InChI=1S/C12H25O.ClH.Hg/c1-4-5-6-7-8-9-10-11-12(2)13-3;;/h12H,2,4-11H2,1,3H3;1H;/q;;+1/p-1. The summed E-state index contributed by atoms with van der Waals surface area (Å²) in [6, 6.07) is 0. The molecule has 0 aliphatic heterocycles. The molecular weight excluding hydrogens is 396 g/mol. The van der Waals surface area contributed by atoms with Gasteiger partial charge in [0.05, 0.1) is 0 Å². The van der Waals surface area contributed by atoms with Gasteiger partial charge < -0.3 is 0 Å². The Bertz CT molecular complexity index is 122. The first kappa shape index (κ1) is 16.2. The summed E-state index contributed by atoms with van der Waals surface area (Å²) in [5.41, 5.74) is 0. The maximum absolute atomic E-state index is 5.91. The van der Waals surface area contributed by atoms with Gasteiger partial charge in [0.1, 0.15) is 0 Å². The van der Waals surface area contributed by atoms with E-state index in [-0.39, 0.29) is 0 Å². The Kier molecular flexibility index (Phi) is 14.3. The number of ether oxygens (including phenoxy) is 1. The van der Waals surface area contributed by atoms with E-state index in [1.807, 2.05) is 7.11 Å². The topological polar surface area (TPSA) is 9.23 Å². The van der Waals surface area contributed by atoms with Crippen molar-refractivity contribution in [1.82, 2.24) is 0 Å². The molecule has 0 fully saturated rings. The third-order valence-corrected chi connectivity index (χ3v) is 8.16. The number of hydrogen-bond donors (Lipinski definition) is 0. The minimum absolute atomic E-state index is 0.486. The molecule has 3 heteroatoms. The van der Waals surface area contributed by atoms with Crippen molar-refractivity contribution in [1.29, 1.82) is 0 Å². The van der Waals surface area contributed by atoms with Crippen LogP contribution in [0.3, 0.4) is 0 Å². The summed E-state index contributed by atoms with van der Waals surface area (Å²) in [6.07, 6.45) is 11.4. The van der Waals surface area contributed by atoms with Crippen molar-refractivity contribution >= 4 is 8.25 Å². The summed E-state index contributed by atoms with van der Waals surface area (Å²) in [5, 5.41) is 0. The average molecular weight is 421 g/mol. The fourth-order valence-corrected chi connectivity index (χ4v) is 6.95. The van der Waals surface area contributed by atoms with Crippen LogP contribution in [0.25, 0.3) is 0 Å². The van der Waals surface area contributed by atoms with Gasteiger partial charge in [-0.15, -0.1) is 0 Å². The molecule has 15 heavy (non-hydrogen) atoms. The van der Waals surface area contributed by atoms with Gasteiger partial charge in [-0.25, -0.2) is 0 Å². The van der Waals surface area contributed by atoms with Crippen molar-refractivity contribution in [3.8, 4) is 0 Å². The normalized spacial score (nSPS) is 12.5. The third-order valence-electron chi connectivity index (χ3n) is 2.89. The number of methoxy groups -OCH3 is 1. The molecule has 0 spiro atoms. The number of hydrogen-bond acceptors (Lipinski definition) is 1. The molecule has 1 nitrogen and oxygen atoms in total. The number of rotatable bonds is 11. The molecule has 0 radical (unpaired) electrons. The summed E-state index contributed by atoms with van der Waals surface area (Å²) in [7, 11) is 7.74. The van der Waals surface area contributed by atoms with E-state index < -0.39 is 23.3 Å². The van der Waals surface area contributed by atoms with Crippen LogP contribution >= 0.6 is 8.25 Å². The van der Waals surface area contributed by atoms with E-state index in [1.54, 1.807) is 0 Å². The fraction of sp³-hybridized carbons (Fsp3) is 1.00. The zero-order valence-corrected chi connectivity index (χ0v) is 16.7. The molecule has 0 amide bonds. The molecule has 0 aromatic heterocycles. The predicted molar refractivity (Wildman–Crippen MR) is 64.1 cm³/mol. The molecule has 0 aromatic carbocycles. The zero-order valence-electron chi connectivity index (χ0n) is 10.4. The molecule has 0 saturated heterocycles. The monoisotopic (exact) mass is 422 g/mol. The molecular formula is C12H25ClHgO. The van der Waals surface area contributed by atoms with Gasteiger partial charge in [0.25, 0.3) is 0 Å². The molecule has 0 aliphatic carbocycles. The Morgan fingerprint density at radius 3 is 2.20 bits per heavy atom. The van der Waals surface area contributed by atoms with Crippen LogP contribution in [0.15, 0.2) is 0 Å². The van der Waals surface area contributed by atoms with E-state index in [1.165, 1.54) is 55.3 Å². The van der Waals surface area contributed by atoms with Crippen molar-refractivity contribution in [2.75, 3.05) is 7.11 Å². The van der Waals surface area contributed by atoms with Crippen LogP contribution in [0.5, 0.6) is 0 Å². The van der Waals surface area contributed by atoms with Crippen LogP contribution in [0.4, 0.5) is 0 Å². The number of unbranched alkanes of at least 4 members (excludes halogenated alkanes) is 6. The predicted octanol–water partition coefficient (Wildman–Crippen LogP) is 4.80. The average Bonchev–Trinajstić information content (AvgIpc) is 2.26. The van der Waals surface area contributed by atoms with Crippen molar-refractivity contribution in [2.45, 2.75) is 68.3 Å². The summed E-state index contributed by atoms with van der Waals surface area (Å²) in [6.45, 7) is 2.27. The Hall–Kier alpha value is 1.19. The van der Waals surface area contributed by atoms with E-state index in [0.717, 1.165) is 0 Å². The van der Waals surface area contributed by atoms with Gasteiger partial charge in [0, 0.05) is 0 Å². The first-order valence-electron chi connectivity index (χ1n) is 6.43. The van der Waals surface area contributed by atoms with E-state index in [4.69, 9.17) is 13.0 Å². The molecule has 0 aliphatic rings. The second-order valence-electron chi connectivity index (χ2n) is 4.25. The van der Waals surface area contributed by atoms with Crippen molar-refractivity contribution in [3.05, 3.63) is 0 Å². The molecule has 0 aromatic rings. The van der Waals surface area contributed by atoms with Gasteiger partial charge in [-0.05, 0) is 0 Å². The Balaban J connectivity index is 3.14. The van der Waals surface area contributed by atoms with Gasteiger partial charge in [0.2, 0.25) is 0 Å². The molecule has 0 rings (SSSR count). The first-order chi connectivity index (χ1) is 7.35. The zero-order chi connectivity index (χ0) is 11.4. The molecule has 0 N–H and O–H groups in total. The molecule has 0 saturated carbocycles. The van der Waals surface area contributed by atoms with Crippen molar-refractivity contribution < 1.29 is 28.1 Å². The van der Waals surface area contributed by atoms with Crippen molar-refractivity contribution in [2.24, 2.45) is 0 Å². The first-order valence-corrected chi connectivity index (χ1v) is 17.1. The minimum atomic E-state index is -0.987. The number of halogens is 1. The van der Waals surface area contributed by atoms with E-state index >= 15 is 0 Å². The Morgan fingerprint density at radius 2 is 1.67 bits per heavy atom. The van der Waals surface area contributed by atoms with Crippen LogP contribution in [0, 0.1) is 0 Å². The molecule has 1 unspecified atom stereocenters. The van der Waals surface area contributed by atoms with Crippen LogP contribution < -0.4 is 0 Å². The Labute approximate surface area is 111 Å². The van der Waals surface area contributed by atoms with Gasteiger partial charge in [-0.1, -0.05) is 0 Å². The summed E-state index contributed by atoms with van der Waals surface area (Å²) in [4.78, 5) is 0. The summed E-state index contributed by atoms with van der Waals surface area (Å²) < 4.78 is 6.62. The van der Waals surface area contributed by atoms with Gasteiger partial charge in [-0.2, -0.15) is 0 Å². The second-order valence-corrected chi connectivity index (χ2v) is 11.3. The van der Waals surface area contributed by atoms with Gasteiger partial charge in [0.15, 0.2) is 0 Å². The molecule has 0 heterocycles. The van der Waals surface area contributed by atoms with Crippen LogP contribution in [0.2, 0.25) is 3.93 Å². The van der Waals surface area contributed by atoms with Crippen LogP contribution in [-0.4, -0.2) is 13.2 Å². The Morgan fingerprint density at radius 1 is 1.07 bits per heavy atom. The quantitative estimate of drug-likeness (QED) is 0.344. The van der Waals surface area contributed by atoms with E-state index in [2.05, 4.69) is 6.92 Å². The molecule has 1 atom stereocenters. The fourth-order valence-electron chi connectivity index (χ4n) is 1.83. The molecule has 0 bridgehead atoms.